The van der Waals surface area contributed by atoms with Crippen LogP contribution < -0.4 is 5.73 Å². The van der Waals surface area contributed by atoms with Crippen LogP contribution in [0.1, 0.15) is 26.3 Å². The number of rotatable bonds is 3. The summed E-state index contributed by atoms with van der Waals surface area (Å²) in [5.41, 5.74) is 8.06. The fourth-order valence-corrected chi connectivity index (χ4v) is 2.17. The highest BCUT2D eigenvalue weighted by Crippen LogP contribution is 2.33. The molecule has 1 aromatic rings. The van der Waals surface area contributed by atoms with Crippen molar-refractivity contribution in [3.8, 4) is 0 Å². The number of hydrogen-bond donors (Lipinski definition) is 1. The molecule has 0 bridgehead atoms. The van der Waals surface area contributed by atoms with Gasteiger partial charge in [0.2, 0.25) is 0 Å². The van der Waals surface area contributed by atoms with Gasteiger partial charge in [-0.1, -0.05) is 32.9 Å². The van der Waals surface area contributed by atoms with Crippen molar-refractivity contribution in [2.24, 2.45) is 0 Å². The van der Waals surface area contributed by atoms with E-state index >= 15 is 0 Å². The number of nitrogens with two attached hydrogens (primary N) is 1. The second-order valence-electron chi connectivity index (χ2n) is 4.22. The van der Waals surface area contributed by atoms with Gasteiger partial charge >= 0.3 is 0 Å². The normalized spacial score (nSPS) is 14.0. The summed E-state index contributed by atoms with van der Waals surface area (Å²) in [6.07, 6.45) is 2.16. The summed E-state index contributed by atoms with van der Waals surface area (Å²) in [6, 6.07) is 8.21. The van der Waals surface area contributed by atoms with Crippen LogP contribution >= 0.6 is 11.8 Å². The predicted octanol–water partition coefficient (Wildman–Crippen LogP) is 3.30. The van der Waals surface area contributed by atoms with Crippen LogP contribution in [-0.4, -0.2) is 11.5 Å². The Balaban J connectivity index is 2.97. The average Bonchev–Trinajstić information content (AvgIpc) is 2.17. The maximum absolute atomic E-state index is 5.67. The van der Waals surface area contributed by atoms with E-state index in [1.165, 1.54) is 5.56 Å². The summed E-state index contributed by atoms with van der Waals surface area (Å²) in [4.78, 5) is 0. The van der Waals surface area contributed by atoms with E-state index < -0.39 is 0 Å². The van der Waals surface area contributed by atoms with E-state index in [4.69, 9.17) is 5.73 Å². The molecule has 14 heavy (non-hydrogen) atoms. The SMILES string of the molecule is CSC(C)C(C)(C)c1ccc(N)cc1. The Bertz CT molecular complexity index is 290. The van der Waals surface area contributed by atoms with Crippen molar-refractivity contribution in [2.45, 2.75) is 31.4 Å². The molecular weight excluding hydrogens is 190 g/mol. The zero-order chi connectivity index (χ0) is 10.8. The molecule has 0 spiro atoms. The highest BCUT2D eigenvalue weighted by molar-refractivity contribution is 7.99. The molecule has 1 rings (SSSR count). The van der Waals surface area contributed by atoms with Crippen molar-refractivity contribution in [1.29, 1.82) is 0 Å². The molecule has 0 aliphatic heterocycles. The van der Waals surface area contributed by atoms with Crippen LogP contribution in [0.25, 0.3) is 0 Å². The average molecular weight is 209 g/mol. The van der Waals surface area contributed by atoms with Gasteiger partial charge in [0.25, 0.3) is 0 Å². The van der Waals surface area contributed by atoms with E-state index in [2.05, 4.69) is 39.2 Å². The molecule has 1 aromatic carbocycles. The molecule has 0 aromatic heterocycles. The molecule has 2 heteroatoms. The molecule has 1 unspecified atom stereocenters. The number of nitrogen functional groups attached to an aromatic ring is 1. The van der Waals surface area contributed by atoms with Gasteiger partial charge in [-0.05, 0) is 24.0 Å². The molecule has 0 radical (unpaired) electrons. The van der Waals surface area contributed by atoms with Gasteiger partial charge in [0, 0.05) is 16.4 Å². The van der Waals surface area contributed by atoms with E-state index in [9.17, 15) is 0 Å². The zero-order valence-corrected chi connectivity index (χ0v) is 10.2. The van der Waals surface area contributed by atoms with Crippen LogP contribution in [0, 0.1) is 0 Å². The third-order valence-electron chi connectivity index (χ3n) is 3.02. The molecule has 0 amide bonds. The molecule has 0 aliphatic carbocycles. The quantitative estimate of drug-likeness (QED) is 0.773. The molecular formula is C12H19NS. The van der Waals surface area contributed by atoms with Crippen molar-refractivity contribution in [2.75, 3.05) is 12.0 Å². The van der Waals surface area contributed by atoms with Crippen LogP contribution in [0.2, 0.25) is 0 Å². The molecule has 0 fully saturated rings. The minimum atomic E-state index is 0.202. The maximum Gasteiger partial charge on any atom is 0.0314 e. The van der Waals surface area contributed by atoms with Crippen LogP contribution in [-0.2, 0) is 5.41 Å². The van der Waals surface area contributed by atoms with Crippen LogP contribution in [0.4, 0.5) is 5.69 Å². The summed E-state index contributed by atoms with van der Waals surface area (Å²) in [6.45, 7) is 6.82. The van der Waals surface area contributed by atoms with Gasteiger partial charge in [0.15, 0.2) is 0 Å². The Hall–Kier alpha value is -0.630. The topological polar surface area (TPSA) is 26.0 Å². The fourth-order valence-electron chi connectivity index (χ4n) is 1.44. The van der Waals surface area contributed by atoms with Crippen molar-refractivity contribution in [3.63, 3.8) is 0 Å². The lowest BCUT2D eigenvalue weighted by Gasteiger charge is -2.31. The standard InChI is InChI=1S/C12H19NS/c1-9(14-4)12(2,3)10-5-7-11(13)8-6-10/h5-9H,13H2,1-4H3. The third kappa shape index (κ3) is 2.24. The number of hydrogen-bond acceptors (Lipinski definition) is 2. The zero-order valence-electron chi connectivity index (χ0n) is 9.37. The van der Waals surface area contributed by atoms with Gasteiger partial charge in [0.1, 0.15) is 0 Å². The molecule has 0 heterocycles. The number of benzene rings is 1. The van der Waals surface area contributed by atoms with E-state index in [0.29, 0.717) is 5.25 Å². The van der Waals surface area contributed by atoms with Gasteiger partial charge in [0.05, 0.1) is 0 Å². The second-order valence-corrected chi connectivity index (χ2v) is 5.40. The molecule has 0 saturated carbocycles. The van der Waals surface area contributed by atoms with Crippen molar-refractivity contribution in [1.82, 2.24) is 0 Å². The Morgan fingerprint density at radius 3 is 2.14 bits per heavy atom. The monoisotopic (exact) mass is 209 g/mol. The van der Waals surface area contributed by atoms with E-state index in [1.807, 2.05) is 23.9 Å². The van der Waals surface area contributed by atoms with Crippen molar-refractivity contribution < 1.29 is 0 Å². The van der Waals surface area contributed by atoms with Gasteiger partial charge in [-0.15, -0.1) is 0 Å². The molecule has 1 atom stereocenters. The summed E-state index contributed by atoms with van der Waals surface area (Å²) in [5, 5.41) is 0.603. The van der Waals surface area contributed by atoms with E-state index in [1.54, 1.807) is 0 Å². The molecule has 2 N–H and O–H groups in total. The van der Waals surface area contributed by atoms with Crippen LogP contribution in [0.3, 0.4) is 0 Å². The maximum atomic E-state index is 5.67. The minimum absolute atomic E-state index is 0.202. The van der Waals surface area contributed by atoms with E-state index in [0.717, 1.165) is 5.69 Å². The van der Waals surface area contributed by atoms with Gasteiger partial charge < -0.3 is 5.73 Å². The molecule has 1 nitrogen and oxygen atoms in total. The highest BCUT2D eigenvalue weighted by Gasteiger charge is 2.26. The summed E-state index contributed by atoms with van der Waals surface area (Å²) in [7, 11) is 0. The summed E-state index contributed by atoms with van der Waals surface area (Å²) in [5.74, 6) is 0. The Labute approximate surface area is 91.1 Å². The smallest absolute Gasteiger partial charge is 0.0314 e. The Morgan fingerprint density at radius 1 is 1.21 bits per heavy atom. The van der Waals surface area contributed by atoms with Crippen molar-refractivity contribution >= 4 is 17.4 Å². The number of anilines is 1. The van der Waals surface area contributed by atoms with E-state index in [-0.39, 0.29) is 5.41 Å². The van der Waals surface area contributed by atoms with Gasteiger partial charge in [-0.25, -0.2) is 0 Å². The van der Waals surface area contributed by atoms with Crippen LogP contribution in [0.5, 0.6) is 0 Å². The first-order chi connectivity index (χ1) is 6.48. The first kappa shape index (κ1) is 11.4. The van der Waals surface area contributed by atoms with Gasteiger partial charge in [-0.3, -0.25) is 0 Å². The predicted molar refractivity (Wildman–Crippen MR) is 66.9 cm³/mol. The summed E-state index contributed by atoms with van der Waals surface area (Å²) >= 11 is 1.90. The van der Waals surface area contributed by atoms with Crippen LogP contribution in [0.15, 0.2) is 24.3 Å². The van der Waals surface area contributed by atoms with Crippen molar-refractivity contribution in [3.05, 3.63) is 29.8 Å². The first-order valence-electron chi connectivity index (χ1n) is 4.87. The first-order valence-corrected chi connectivity index (χ1v) is 6.16. The molecule has 0 aliphatic rings. The molecule has 78 valence electrons. The summed E-state index contributed by atoms with van der Waals surface area (Å²) < 4.78 is 0. The largest absolute Gasteiger partial charge is 0.399 e. The lowest BCUT2D eigenvalue weighted by molar-refractivity contribution is 0.521. The lowest BCUT2D eigenvalue weighted by Crippen LogP contribution is -2.28. The molecule has 0 saturated heterocycles. The Kier molecular flexibility index (Phi) is 3.48. The van der Waals surface area contributed by atoms with Gasteiger partial charge in [-0.2, -0.15) is 11.8 Å². The Morgan fingerprint density at radius 2 is 1.71 bits per heavy atom. The third-order valence-corrected chi connectivity index (χ3v) is 4.32. The fraction of sp³-hybridized carbons (Fsp3) is 0.500. The second kappa shape index (κ2) is 4.26. The number of thioether (sulfide) groups is 1. The lowest BCUT2D eigenvalue weighted by atomic mass is 9.82. The minimum Gasteiger partial charge on any atom is -0.399 e. The highest BCUT2D eigenvalue weighted by atomic mass is 32.2.